The highest BCUT2D eigenvalue weighted by Crippen LogP contribution is 2.38. The summed E-state index contributed by atoms with van der Waals surface area (Å²) in [5.74, 6) is 0.930. The maximum Gasteiger partial charge on any atom is 0.119 e. The monoisotopic (exact) mass is 286 g/mol. The molecule has 0 N–H and O–H groups in total. The molecule has 0 heterocycles. The number of benzene rings is 3. The van der Waals surface area contributed by atoms with E-state index < -0.39 is 0 Å². The van der Waals surface area contributed by atoms with E-state index in [-0.39, 0.29) is 0 Å². The molecule has 3 aromatic carbocycles. The van der Waals surface area contributed by atoms with Gasteiger partial charge in [0.1, 0.15) is 5.75 Å². The summed E-state index contributed by atoms with van der Waals surface area (Å²) in [4.78, 5) is 0. The van der Waals surface area contributed by atoms with Crippen LogP contribution >= 0.6 is 0 Å². The van der Waals surface area contributed by atoms with Gasteiger partial charge >= 0.3 is 0 Å². The zero-order valence-corrected chi connectivity index (χ0v) is 12.7. The zero-order chi connectivity index (χ0) is 14.9. The van der Waals surface area contributed by atoms with Gasteiger partial charge in [-0.25, -0.2) is 0 Å². The van der Waals surface area contributed by atoms with Gasteiger partial charge in [-0.05, 0) is 58.9 Å². The van der Waals surface area contributed by atoms with Crippen LogP contribution in [0.25, 0.3) is 22.3 Å². The van der Waals surface area contributed by atoms with Crippen LogP contribution in [0.4, 0.5) is 0 Å². The first-order valence-electron chi connectivity index (χ1n) is 7.79. The van der Waals surface area contributed by atoms with Crippen LogP contribution in [0.5, 0.6) is 5.75 Å². The quantitative estimate of drug-likeness (QED) is 0.495. The molecule has 1 aliphatic rings. The Morgan fingerprint density at radius 2 is 1.50 bits per heavy atom. The molecule has 1 nitrogen and oxygen atoms in total. The lowest BCUT2D eigenvalue weighted by Crippen LogP contribution is -1.90. The Bertz CT molecular complexity index is 816. The molecule has 0 spiro atoms. The Kier molecular flexibility index (Phi) is 3.19. The summed E-state index contributed by atoms with van der Waals surface area (Å²) in [7, 11) is 0. The minimum atomic E-state index is 0.705. The molecule has 0 saturated heterocycles. The summed E-state index contributed by atoms with van der Waals surface area (Å²) < 4.78 is 5.51. The van der Waals surface area contributed by atoms with Crippen molar-refractivity contribution in [2.24, 2.45) is 0 Å². The second-order valence-electron chi connectivity index (χ2n) is 5.66. The third-order valence-corrected chi connectivity index (χ3v) is 4.29. The van der Waals surface area contributed by atoms with Gasteiger partial charge in [-0.3, -0.25) is 0 Å². The van der Waals surface area contributed by atoms with E-state index >= 15 is 0 Å². The molecule has 22 heavy (non-hydrogen) atoms. The lowest BCUT2D eigenvalue weighted by Gasteiger charge is -2.07. The van der Waals surface area contributed by atoms with Gasteiger partial charge in [0.05, 0.1) is 6.61 Å². The molecule has 0 atom stereocenters. The van der Waals surface area contributed by atoms with Gasteiger partial charge < -0.3 is 4.74 Å². The molecule has 0 amide bonds. The normalized spacial score (nSPS) is 11.9. The van der Waals surface area contributed by atoms with Crippen LogP contribution in [0.15, 0.2) is 66.7 Å². The van der Waals surface area contributed by atoms with Crippen LogP contribution in [0.1, 0.15) is 18.1 Å². The van der Waals surface area contributed by atoms with E-state index in [1.54, 1.807) is 0 Å². The molecular weight excluding hydrogens is 268 g/mol. The molecule has 108 valence electrons. The van der Waals surface area contributed by atoms with Gasteiger partial charge in [0.25, 0.3) is 0 Å². The Hall–Kier alpha value is -2.54. The SMILES string of the molecule is CCOc1ccc(-c2ccc3c(c2)Cc2ccccc2-3)cc1. The minimum Gasteiger partial charge on any atom is -0.494 e. The van der Waals surface area contributed by atoms with E-state index in [0.717, 1.165) is 12.2 Å². The van der Waals surface area contributed by atoms with E-state index in [1.165, 1.54) is 33.4 Å². The van der Waals surface area contributed by atoms with Crippen molar-refractivity contribution >= 4 is 0 Å². The molecule has 4 rings (SSSR count). The molecule has 0 saturated carbocycles. The van der Waals surface area contributed by atoms with Crippen LogP contribution in [-0.4, -0.2) is 6.61 Å². The highest BCUT2D eigenvalue weighted by Gasteiger charge is 2.17. The summed E-state index contributed by atoms with van der Waals surface area (Å²) in [6.07, 6.45) is 1.04. The van der Waals surface area contributed by atoms with Crippen LogP contribution < -0.4 is 4.74 Å². The first-order valence-corrected chi connectivity index (χ1v) is 7.79. The summed E-state index contributed by atoms with van der Waals surface area (Å²) in [6.45, 7) is 2.71. The molecule has 1 heteroatoms. The van der Waals surface area contributed by atoms with Crippen molar-refractivity contribution in [1.82, 2.24) is 0 Å². The van der Waals surface area contributed by atoms with Crippen molar-refractivity contribution in [3.8, 4) is 28.0 Å². The molecule has 0 aliphatic heterocycles. The Morgan fingerprint density at radius 3 is 2.32 bits per heavy atom. The maximum atomic E-state index is 5.51. The minimum absolute atomic E-state index is 0.705. The molecule has 0 aromatic heterocycles. The molecule has 3 aromatic rings. The second-order valence-corrected chi connectivity index (χ2v) is 5.66. The van der Waals surface area contributed by atoms with E-state index in [9.17, 15) is 0 Å². The fourth-order valence-electron chi connectivity index (χ4n) is 3.23. The fraction of sp³-hybridized carbons (Fsp3) is 0.143. The average molecular weight is 286 g/mol. The standard InChI is InChI=1S/C21H18O/c1-2-22-19-10-7-15(8-11-19)16-9-12-21-18(13-16)14-17-5-3-4-6-20(17)21/h3-13H,2,14H2,1H3. The van der Waals surface area contributed by atoms with Crippen LogP contribution in [0.2, 0.25) is 0 Å². The Morgan fingerprint density at radius 1 is 0.773 bits per heavy atom. The molecular formula is C21H18O. The highest BCUT2D eigenvalue weighted by molar-refractivity contribution is 5.80. The molecule has 1 aliphatic carbocycles. The summed E-state index contributed by atoms with van der Waals surface area (Å²) in [6, 6.07) is 23.8. The predicted molar refractivity (Wildman–Crippen MR) is 91.3 cm³/mol. The first kappa shape index (κ1) is 13.1. The number of fused-ring (bicyclic) bond motifs is 3. The van der Waals surface area contributed by atoms with Gasteiger partial charge in [0.2, 0.25) is 0 Å². The van der Waals surface area contributed by atoms with Crippen molar-refractivity contribution < 1.29 is 4.74 Å². The lowest BCUT2D eigenvalue weighted by molar-refractivity contribution is 0.340. The second kappa shape index (κ2) is 5.34. The van der Waals surface area contributed by atoms with Crippen LogP contribution in [0.3, 0.4) is 0 Å². The topological polar surface area (TPSA) is 9.23 Å². The van der Waals surface area contributed by atoms with Gasteiger partial charge in [-0.15, -0.1) is 0 Å². The van der Waals surface area contributed by atoms with E-state index in [4.69, 9.17) is 4.74 Å². The number of ether oxygens (including phenoxy) is 1. The van der Waals surface area contributed by atoms with E-state index in [1.807, 2.05) is 19.1 Å². The average Bonchev–Trinajstić information content (AvgIpc) is 2.93. The van der Waals surface area contributed by atoms with Crippen molar-refractivity contribution in [2.75, 3.05) is 6.61 Å². The zero-order valence-electron chi connectivity index (χ0n) is 12.7. The maximum absolute atomic E-state index is 5.51. The Labute approximate surface area is 131 Å². The molecule has 0 unspecified atom stereocenters. The predicted octanol–water partition coefficient (Wildman–Crippen LogP) is 5.32. The van der Waals surface area contributed by atoms with E-state index in [0.29, 0.717) is 6.61 Å². The van der Waals surface area contributed by atoms with Crippen molar-refractivity contribution in [1.29, 1.82) is 0 Å². The Balaban J connectivity index is 1.69. The third-order valence-electron chi connectivity index (χ3n) is 4.29. The first-order chi connectivity index (χ1) is 10.8. The van der Waals surface area contributed by atoms with Crippen LogP contribution in [0, 0.1) is 0 Å². The van der Waals surface area contributed by atoms with Gasteiger partial charge in [0.15, 0.2) is 0 Å². The van der Waals surface area contributed by atoms with Gasteiger partial charge in [-0.1, -0.05) is 54.6 Å². The third kappa shape index (κ3) is 2.19. The summed E-state index contributed by atoms with van der Waals surface area (Å²) >= 11 is 0. The highest BCUT2D eigenvalue weighted by atomic mass is 16.5. The smallest absolute Gasteiger partial charge is 0.119 e. The van der Waals surface area contributed by atoms with Crippen LogP contribution in [-0.2, 0) is 6.42 Å². The van der Waals surface area contributed by atoms with Gasteiger partial charge in [-0.2, -0.15) is 0 Å². The van der Waals surface area contributed by atoms with Crippen molar-refractivity contribution in [3.05, 3.63) is 77.9 Å². The fourth-order valence-corrected chi connectivity index (χ4v) is 3.23. The lowest BCUT2D eigenvalue weighted by atomic mass is 9.99. The molecule has 0 radical (unpaired) electrons. The van der Waals surface area contributed by atoms with Crippen molar-refractivity contribution in [3.63, 3.8) is 0 Å². The number of rotatable bonds is 3. The molecule has 0 fully saturated rings. The summed E-state index contributed by atoms with van der Waals surface area (Å²) in [5, 5.41) is 0. The largest absolute Gasteiger partial charge is 0.494 e. The summed E-state index contributed by atoms with van der Waals surface area (Å²) in [5.41, 5.74) is 8.13. The number of hydrogen-bond donors (Lipinski definition) is 0. The van der Waals surface area contributed by atoms with Crippen molar-refractivity contribution in [2.45, 2.75) is 13.3 Å². The van der Waals surface area contributed by atoms with E-state index in [2.05, 4.69) is 54.6 Å². The molecule has 0 bridgehead atoms. The number of hydrogen-bond acceptors (Lipinski definition) is 1. The van der Waals surface area contributed by atoms with Gasteiger partial charge in [0, 0.05) is 0 Å².